The first-order valence-electron chi connectivity index (χ1n) is 23.6. The molecule has 0 amide bonds. The van der Waals surface area contributed by atoms with Crippen LogP contribution in [0.15, 0.2) is 156 Å². The SMILES string of the molecule is CC(C)(C)c1ccc(-n2c(-c3cc(C(C)(C)C)cc(C(C)(C)C)c3O)nc3c(-c4[c-]c5c(c6ccccc6n6c7ccccc7nc56)c5oc6ccccc6c45)cccc32)c(-c2ccccc2)c1.[Pt]. The number of hydrogen-bond donors (Lipinski definition) is 1. The Morgan fingerprint density at radius 3 is 1.94 bits per heavy atom. The van der Waals surface area contributed by atoms with Crippen molar-refractivity contribution in [2.45, 2.75) is 78.6 Å². The predicted octanol–water partition coefficient (Wildman–Crippen LogP) is 16.4. The molecular weight excluding hydrogens is 1030 g/mol. The minimum absolute atomic E-state index is 0. The van der Waals surface area contributed by atoms with E-state index < -0.39 is 0 Å². The van der Waals surface area contributed by atoms with Crippen LogP contribution in [0.5, 0.6) is 5.75 Å². The van der Waals surface area contributed by atoms with Gasteiger partial charge in [0.1, 0.15) is 17.2 Å². The van der Waals surface area contributed by atoms with E-state index in [2.05, 4.69) is 211 Å². The van der Waals surface area contributed by atoms with Crippen molar-refractivity contribution in [3.63, 3.8) is 0 Å². The van der Waals surface area contributed by atoms with Crippen molar-refractivity contribution in [1.82, 2.24) is 18.9 Å². The molecule has 0 spiro atoms. The summed E-state index contributed by atoms with van der Waals surface area (Å²) >= 11 is 0. The molecule has 4 heterocycles. The Kier molecular flexibility index (Phi) is 10.2. The Hall–Kier alpha value is -7.01. The van der Waals surface area contributed by atoms with Crippen LogP contribution >= 0.6 is 0 Å². The number of hydrogen-bond acceptors (Lipinski definition) is 4. The van der Waals surface area contributed by atoms with Crippen molar-refractivity contribution < 1.29 is 30.6 Å². The summed E-state index contributed by atoms with van der Waals surface area (Å²) in [5.41, 5.74) is 15.2. The predicted molar refractivity (Wildman–Crippen MR) is 283 cm³/mol. The molecule has 0 saturated heterocycles. The monoisotopic (exact) mass is 1080 g/mol. The van der Waals surface area contributed by atoms with Gasteiger partial charge in [0.2, 0.25) is 0 Å². The van der Waals surface area contributed by atoms with Gasteiger partial charge in [0.15, 0.2) is 0 Å². The molecule has 0 radical (unpaired) electrons. The van der Waals surface area contributed by atoms with Crippen LogP contribution in [0.25, 0.3) is 111 Å². The number of nitrogens with zero attached hydrogens (tertiary/aromatic N) is 4. The molecule has 1 N–H and O–H groups in total. The maximum atomic E-state index is 12.7. The van der Waals surface area contributed by atoms with Gasteiger partial charge in [0, 0.05) is 37.7 Å². The van der Waals surface area contributed by atoms with Crippen LogP contribution in [-0.4, -0.2) is 24.0 Å². The Morgan fingerprint density at radius 2 is 1.20 bits per heavy atom. The average Bonchev–Trinajstić information content (AvgIpc) is 4.03. The molecule has 6 nitrogen and oxygen atoms in total. The van der Waals surface area contributed by atoms with Crippen molar-refractivity contribution in [2.24, 2.45) is 0 Å². The molecule has 7 heteroatoms. The third-order valence-electron chi connectivity index (χ3n) is 13.9. The number of rotatable bonds is 4. The smallest absolute Gasteiger partial charge is 0.148 e. The molecule has 12 aromatic rings. The van der Waals surface area contributed by atoms with Crippen LogP contribution in [0.4, 0.5) is 0 Å². The standard InChI is InChI=1S/C62H53N4O2.Pt/c1-60(2,3)37-30-31-49(42(32-37)36-20-11-10-12-21-36)66-51-28-19-24-39(55(51)64-59(66)45-33-38(61(4,5)6)34-46(56(45)67)62(7,8)9)43-35-44-53(57-54(43)41-23-14-18-29-52(41)68-57)40-22-13-16-26-48(40)65-50-27-17-15-25-47(50)63-58(44)65;/h10-34,67H,1-9H3;/q-1;. The van der Waals surface area contributed by atoms with Crippen molar-refractivity contribution in [3.05, 3.63) is 174 Å². The van der Waals surface area contributed by atoms with Crippen molar-refractivity contribution in [1.29, 1.82) is 0 Å². The van der Waals surface area contributed by atoms with E-state index in [4.69, 9.17) is 14.4 Å². The summed E-state index contributed by atoms with van der Waals surface area (Å²) in [5.74, 6) is 0.890. The van der Waals surface area contributed by atoms with Gasteiger partial charge in [-0.05, 0) is 103 Å². The van der Waals surface area contributed by atoms with E-state index in [0.717, 1.165) is 110 Å². The zero-order chi connectivity index (χ0) is 47.0. The van der Waals surface area contributed by atoms with Crippen LogP contribution in [-0.2, 0) is 37.3 Å². The van der Waals surface area contributed by atoms with Crippen LogP contribution in [0.1, 0.15) is 79.0 Å². The molecule has 0 unspecified atom stereocenters. The molecule has 0 aliphatic heterocycles. The Labute approximate surface area is 416 Å². The maximum absolute atomic E-state index is 12.7. The van der Waals surface area contributed by atoms with Gasteiger partial charge in [-0.1, -0.05) is 176 Å². The second-order valence-electron chi connectivity index (χ2n) is 21.5. The molecule has 0 saturated carbocycles. The van der Waals surface area contributed by atoms with E-state index in [9.17, 15) is 5.11 Å². The molecule has 344 valence electrons. The summed E-state index contributed by atoms with van der Waals surface area (Å²) < 4.78 is 11.6. The van der Waals surface area contributed by atoms with Gasteiger partial charge in [-0.2, -0.15) is 0 Å². The quantitative estimate of drug-likeness (QED) is 0.141. The second-order valence-corrected chi connectivity index (χ2v) is 21.5. The fourth-order valence-electron chi connectivity index (χ4n) is 10.4. The van der Waals surface area contributed by atoms with Gasteiger partial charge >= 0.3 is 0 Å². The van der Waals surface area contributed by atoms with E-state index in [-0.39, 0.29) is 43.1 Å². The Bertz CT molecular complexity index is 4040. The van der Waals surface area contributed by atoms with Gasteiger partial charge in [-0.15, -0.1) is 11.6 Å². The molecule has 8 aromatic carbocycles. The van der Waals surface area contributed by atoms with Crippen LogP contribution in [0, 0.1) is 6.07 Å². The second kappa shape index (κ2) is 15.8. The van der Waals surface area contributed by atoms with Crippen LogP contribution in [0.2, 0.25) is 0 Å². The number of para-hydroxylation sites is 5. The Morgan fingerprint density at radius 1 is 0.551 bits per heavy atom. The van der Waals surface area contributed by atoms with Crippen molar-refractivity contribution in [3.8, 4) is 45.1 Å². The summed E-state index contributed by atoms with van der Waals surface area (Å²) in [6, 6.07) is 57.4. The fourth-order valence-corrected chi connectivity index (χ4v) is 10.4. The summed E-state index contributed by atoms with van der Waals surface area (Å²) in [5, 5.41) is 17.6. The summed E-state index contributed by atoms with van der Waals surface area (Å²) in [6.07, 6.45) is 0. The van der Waals surface area contributed by atoms with Gasteiger partial charge in [-0.25, -0.2) is 4.98 Å². The van der Waals surface area contributed by atoms with E-state index in [1.54, 1.807) is 0 Å². The number of furan rings is 1. The molecule has 12 rings (SSSR count). The molecule has 69 heavy (non-hydrogen) atoms. The van der Waals surface area contributed by atoms with Gasteiger partial charge in [0.05, 0.1) is 44.5 Å². The average molecular weight is 1080 g/mol. The number of aromatic nitrogens is 4. The summed E-state index contributed by atoms with van der Waals surface area (Å²) in [4.78, 5) is 11.1. The number of benzene rings is 8. The number of phenols is 1. The largest absolute Gasteiger partial charge is 0.507 e. The van der Waals surface area contributed by atoms with E-state index >= 15 is 0 Å². The topological polar surface area (TPSA) is 68.5 Å². The van der Waals surface area contributed by atoms with Crippen LogP contribution < -0.4 is 0 Å². The third-order valence-corrected chi connectivity index (χ3v) is 13.9. The minimum atomic E-state index is -0.354. The molecule has 4 aromatic heterocycles. The van der Waals surface area contributed by atoms with E-state index in [1.807, 2.05) is 18.2 Å². The normalized spacial score (nSPS) is 12.7. The summed E-state index contributed by atoms with van der Waals surface area (Å²) in [7, 11) is 0. The number of pyridine rings is 1. The third kappa shape index (κ3) is 6.93. The van der Waals surface area contributed by atoms with E-state index in [1.165, 1.54) is 5.56 Å². The molecule has 0 aliphatic carbocycles. The van der Waals surface area contributed by atoms with Gasteiger partial charge in [0.25, 0.3) is 0 Å². The fraction of sp³-hybridized carbons (Fsp3) is 0.194. The first-order chi connectivity index (χ1) is 32.6. The maximum Gasteiger partial charge on any atom is 0.148 e. The van der Waals surface area contributed by atoms with Gasteiger partial charge in [-0.3, -0.25) is 9.55 Å². The molecule has 0 fully saturated rings. The minimum Gasteiger partial charge on any atom is -0.507 e. The molecule has 0 atom stereocenters. The zero-order valence-corrected chi connectivity index (χ0v) is 42.7. The Balaban J connectivity index is 0.00000520. The van der Waals surface area contributed by atoms with Crippen molar-refractivity contribution in [2.75, 3.05) is 0 Å². The van der Waals surface area contributed by atoms with E-state index in [0.29, 0.717) is 11.4 Å². The first-order valence-corrected chi connectivity index (χ1v) is 23.6. The summed E-state index contributed by atoms with van der Waals surface area (Å²) in [6.45, 7) is 20.0. The van der Waals surface area contributed by atoms with Crippen molar-refractivity contribution >= 4 is 71.3 Å². The number of imidazole rings is 2. The van der Waals surface area contributed by atoms with Crippen LogP contribution in [0.3, 0.4) is 0 Å². The molecule has 0 bridgehead atoms. The zero-order valence-electron chi connectivity index (χ0n) is 40.4. The van der Waals surface area contributed by atoms with Gasteiger partial charge < -0.3 is 13.9 Å². The number of fused-ring (bicyclic) bond motifs is 13. The first kappa shape index (κ1) is 44.5. The number of phenolic OH excluding ortho intramolecular Hbond substituents is 1. The molecular formula is C62H53N4O2Pt-. The molecule has 0 aliphatic rings. The number of aromatic hydroxyl groups is 1.